The van der Waals surface area contributed by atoms with Gasteiger partial charge in [0.05, 0.1) is 12.8 Å². The average Bonchev–Trinajstić information content (AvgIpc) is 2.71. The Morgan fingerprint density at radius 2 is 2.24 bits per heavy atom. The molecule has 0 radical (unpaired) electrons. The average molecular weight is 234 g/mol. The molecule has 3 unspecified atom stereocenters. The standard InChI is InChI=1S/C14H22N2O/c1-4-17-12-7-11(8-16-9-12)13-5-6-14(15-3)10(13)2/h7-10,13-15H,4-6H2,1-3H3. The Balaban J connectivity index is 2.14. The van der Waals surface area contributed by atoms with Gasteiger partial charge < -0.3 is 10.1 Å². The topological polar surface area (TPSA) is 34.1 Å². The highest BCUT2D eigenvalue weighted by Crippen LogP contribution is 2.39. The van der Waals surface area contributed by atoms with Crippen LogP contribution in [0.5, 0.6) is 5.75 Å². The van der Waals surface area contributed by atoms with Gasteiger partial charge in [-0.05, 0) is 50.3 Å². The summed E-state index contributed by atoms with van der Waals surface area (Å²) >= 11 is 0. The van der Waals surface area contributed by atoms with E-state index in [0.29, 0.717) is 24.5 Å². The fraction of sp³-hybridized carbons (Fsp3) is 0.643. The predicted molar refractivity (Wildman–Crippen MR) is 69.4 cm³/mol. The van der Waals surface area contributed by atoms with Gasteiger partial charge in [-0.15, -0.1) is 0 Å². The van der Waals surface area contributed by atoms with Crippen LogP contribution in [0, 0.1) is 5.92 Å². The molecule has 1 aromatic rings. The lowest BCUT2D eigenvalue weighted by Gasteiger charge is -2.20. The molecular formula is C14H22N2O. The molecule has 1 saturated carbocycles. The summed E-state index contributed by atoms with van der Waals surface area (Å²) in [6.07, 6.45) is 6.27. The zero-order valence-electron chi connectivity index (χ0n) is 10.9. The minimum Gasteiger partial charge on any atom is -0.492 e. The molecule has 0 spiro atoms. The molecule has 0 aromatic carbocycles. The second kappa shape index (κ2) is 5.50. The smallest absolute Gasteiger partial charge is 0.137 e. The van der Waals surface area contributed by atoms with Gasteiger partial charge in [0.15, 0.2) is 0 Å². The van der Waals surface area contributed by atoms with Crippen molar-refractivity contribution in [2.24, 2.45) is 5.92 Å². The van der Waals surface area contributed by atoms with E-state index in [0.717, 1.165) is 5.75 Å². The van der Waals surface area contributed by atoms with Crippen LogP contribution >= 0.6 is 0 Å². The molecule has 0 amide bonds. The number of nitrogens with zero attached hydrogens (tertiary/aromatic N) is 1. The second-order valence-corrected chi connectivity index (χ2v) is 4.83. The third-order valence-electron chi connectivity index (χ3n) is 3.90. The normalized spacial score (nSPS) is 28.3. The minimum atomic E-state index is 0.611. The Morgan fingerprint density at radius 1 is 1.41 bits per heavy atom. The molecule has 3 heteroatoms. The summed E-state index contributed by atoms with van der Waals surface area (Å²) in [6, 6.07) is 2.78. The van der Waals surface area contributed by atoms with E-state index >= 15 is 0 Å². The highest BCUT2D eigenvalue weighted by atomic mass is 16.5. The fourth-order valence-corrected chi connectivity index (χ4v) is 2.93. The van der Waals surface area contributed by atoms with Crippen LogP contribution in [-0.4, -0.2) is 24.7 Å². The summed E-state index contributed by atoms with van der Waals surface area (Å²) in [6.45, 7) is 5.03. The first-order chi connectivity index (χ1) is 8.26. The molecule has 1 aromatic heterocycles. The molecule has 1 aliphatic carbocycles. The monoisotopic (exact) mass is 234 g/mol. The fourth-order valence-electron chi connectivity index (χ4n) is 2.93. The van der Waals surface area contributed by atoms with Crippen LogP contribution in [0.2, 0.25) is 0 Å². The van der Waals surface area contributed by atoms with Crippen molar-refractivity contribution in [3.8, 4) is 5.75 Å². The first kappa shape index (κ1) is 12.4. The van der Waals surface area contributed by atoms with Gasteiger partial charge in [0.25, 0.3) is 0 Å². The molecule has 1 fully saturated rings. The number of aromatic nitrogens is 1. The molecule has 2 rings (SSSR count). The quantitative estimate of drug-likeness (QED) is 0.869. The third kappa shape index (κ3) is 2.60. The van der Waals surface area contributed by atoms with Crippen LogP contribution in [0.1, 0.15) is 38.2 Å². The summed E-state index contributed by atoms with van der Waals surface area (Å²) in [5.74, 6) is 2.17. The van der Waals surface area contributed by atoms with Crippen molar-refractivity contribution in [3.63, 3.8) is 0 Å². The number of hydrogen-bond acceptors (Lipinski definition) is 3. The largest absolute Gasteiger partial charge is 0.492 e. The first-order valence-corrected chi connectivity index (χ1v) is 6.51. The molecular weight excluding hydrogens is 212 g/mol. The summed E-state index contributed by atoms with van der Waals surface area (Å²) in [4.78, 5) is 4.29. The number of rotatable bonds is 4. The van der Waals surface area contributed by atoms with Crippen molar-refractivity contribution >= 4 is 0 Å². The Morgan fingerprint density at radius 3 is 2.88 bits per heavy atom. The van der Waals surface area contributed by atoms with Crippen molar-refractivity contribution in [2.75, 3.05) is 13.7 Å². The van der Waals surface area contributed by atoms with E-state index in [-0.39, 0.29) is 0 Å². The van der Waals surface area contributed by atoms with Crippen molar-refractivity contribution < 1.29 is 4.74 Å². The zero-order chi connectivity index (χ0) is 12.3. The number of ether oxygens (including phenoxy) is 1. The number of nitrogens with one attached hydrogen (secondary N) is 1. The second-order valence-electron chi connectivity index (χ2n) is 4.83. The van der Waals surface area contributed by atoms with E-state index in [1.807, 2.05) is 13.1 Å². The SMILES string of the molecule is CCOc1cncc(C2CCC(NC)C2C)c1. The molecule has 0 bridgehead atoms. The molecule has 94 valence electrons. The van der Waals surface area contributed by atoms with E-state index in [9.17, 15) is 0 Å². The molecule has 3 nitrogen and oxygen atoms in total. The van der Waals surface area contributed by atoms with Gasteiger partial charge >= 0.3 is 0 Å². The highest BCUT2D eigenvalue weighted by molar-refractivity contribution is 5.28. The molecule has 17 heavy (non-hydrogen) atoms. The number of pyridine rings is 1. The summed E-state index contributed by atoms with van der Waals surface area (Å²) in [5, 5.41) is 3.40. The van der Waals surface area contributed by atoms with E-state index in [4.69, 9.17) is 4.74 Å². The van der Waals surface area contributed by atoms with E-state index < -0.39 is 0 Å². The Labute approximate surface area is 104 Å². The Hall–Kier alpha value is -1.09. The van der Waals surface area contributed by atoms with E-state index in [1.165, 1.54) is 18.4 Å². The highest BCUT2D eigenvalue weighted by Gasteiger charge is 2.32. The maximum atomic E-state index is 5.52. The summed E-state index contributed by atoms with van der Waals surface area (Å²) < 4.78 is 5.52. The zero-order valence-corrected chi connectivity index (χ0v) is 10.9. The molecule has 3 atom stereocenters. The molecule has 1 heterocycles. The van der Waals surface area contributed by atoms with Gasteiger partial charge in [0.2, 0.25) is 0 Å². The van der Waals surface area contributed by atoms with E-state index in [1.54, 1.807) is 6.20 Å². The van der Waals surface area contributed by atoms with Crippen molar-refractivity contribution in [1.82, 2.24) is 10.3 Å². The van der Waals surface area contributed by atoms with E-state index in [2.05, 4.69) is 30.3 Å². The van der Waals surface area contributed by atoms with Gasteiger partial charge in [-0.2, -0.15) is 0 Å². The van der Waals surface area contributed by atoms with Crippen LogP contribution in [-0.2, 0) is 0 Å². The summed E-state index contributed by atoms with van der Waals surface area (Å²) in [7, 11) is 2.05. The van der Waals surface area contributed by atoms with Gasteiger partial charge in [-0.25, -0.2) is 0 Å². The molecule has 0 aliphatic heterocycles. The lowest BCUT2D eigenvalue weighted by Crippen LogP contribution is -2.28. The van der Waals surface area contributed by atoms with Crippen molar-refractivity contribution in [3.05, 3.63) is 24.0 Å². The van der Waals surface area contributed by atoms with Crippen LogP contribution in [0.25, 0.3) is 0 Å². The molecule has 0 saturated heterocycles. The molecule has 1 N–H and O–H groups in total. The third-order valence-corrected chi connectivity index (χ3v) is 3.90. The maximum absolute atomic E-state index is 5.52. The summed E-state index contributed by atoms with van der Waals surface area (Å²) in [5.41, 5.74) is 1.32. The maximum Gasteiger partial charge on any atom is 0.137 e. The van der Waals surface area contributed by atoms with Gasteiger partial charge in [-0.1, -0.05) is 6.92 Å². The Bertz CT molecular complexity index is 367. The van der Waals surface area contributed by atoms with Crippen LogP contribution < -0.4 is 10.1 Å². The van der Waals surface area contributed by atoms with Crippen LogP contribution in [0.4, 0.5) is 0 Å². The molecule has 1 aliphatic rings. The van der Waals surface area contributed by atoms with Crippen molar-refractivity contribution in [1.29, 1.82) is 0 Å². The van der Waals surface area contributed by atoms with Crippen LogP contribution in [0.3, 0.4) is 0 Å². The lowest BCUT2D eigenvalue weighted by atomic mass is 9.90. The lowest BCUT2D eigenvalue weighted by molar-refractivity contribution is 0.337. The first-order valence-electron chi connectivity index (χ1n) is 6.51. The minimum absolute atomic E-state index is 0.611. The van der Waals surface area contributed by atoms with Gasteiger partial charge in [0.1, 0.15) is 5.75 Å². The van der Waals surface area contributed by atoms with Gasteiger partial charge in [0, 0.05) is 12.2 Å². The van der Waals surface area contributed by atoms with Crippen molar-refractivity contribution in [2.45, 2.75) is 38.6 Å². The van der Waals surface area contributed by atoms with Crippen LogP contribution in [0.15, 0.2) is 18.5 Å². The predicted octanol–water partition coefficient (Wildman–Crippen LogP) is 2.58. The van der Waals surface area contributed by atoms with Gasteiger partial charge in [-0.3, -0.25) is 4.98 Å². The number of hydrogen-bond donors (Lipinski definition) is 1. The Kier molecular flexibility index (Phi) is 4.00.